The van der Waals surface area contributed by atoms with Gasteiger partial charge >= 0.3 is 0 Å². The van der Waals surface area contributed by atoms with Crippen molar-refractivity contribution in [2.24, 2.45) is 0 Å². The molecule has 1 N–H and O–H groups in total. The van der Waals surface area contributed by atoms with E-state index in [0.29, 0.717) is 45.8 Å². The Hall–Kier alpha value is -3.09. The fraction of sp³-hybridized carbons (Fsp3) is 0.370. The number of carbonyl (C=O) groups excluding carboxylic acids is 1. The lowest BCUT2D eigenvalue weighted by Crippen LogP contribution is -2.42. The number of rotatable bonds is 11. The molecule has 0 spiro atoms. The van der Waals surface area contributed by atoms with Crippen molar-refractivity contribution < 1.29 is 18.7 Å². The van der Waals surface area contributed by atoms with E-state index in [2.05, 4.69) is 59.2 Å². The molecular formula is C27H32Cl2N6O4Si. The highest BCUT2D eigenvalue weighted by molar-refractivity contribution is 6.74. The molecule has 40 heavy (non-hydrogen) atoms. The second-order valence-electron chi connectivity index (χ2n) is 10.6. The average molecular weight is 604 g/mol. The van der Waals surface area contributed by atoms with Crippen LogP contribution in [0.3, 0.4) is 0 Å². The molecule has 1 aromatic carbocycles. The summed E-state index contributed by atoms with van der Waals surface area (Å²) in [6.07, 6.45) is 3.29. The Kier molecular flexibility index (Phi) is 9.42. The molecule has 0 aliphatic heterocycles. The van der Waals surface area contributed by atoms with Gasteiger partial charge in [-0.3, -0.25) is 4.79 Å². The van der Waals surface area contributed by atoms with Crippen molar-refractivity contribution in [2.45, 2.75) is 45.0 Å². The van der Waals surface area contributed by atoms with E-state index in [9.17, 15) is 4.79 Å². The maximum atomic E-state index is 13.3. The Bertz CT molecular complexity index is 1460. The van der Waals surface area contributed by atoms with Crippen LogP contribution in [0.5, 0.6) is 5.88 Å². The molecule has 0 fully saturated rings. The molecule has 0 aliphatic rings. The largest absolute Gasteiger partial charge is 0.461 e. The molecule has 0 saturated heterocycles. The summed E-state index contributed by atoms with van der Waals surface area (Å²) in [7, 11) is -1.93. The van der Waals surface area contributed by atoms with Crippen molar-refractivity contribution in [3.8, 4) is 11.6 Å². The van der Waals surface area contributed by atoms with Gasteiger partial charge in [0.25, 0.3) is 5.91 Å². The van der Waals surface area contributed by atoms with Gasteiger partial charge < -0.3 is 19.2 Å². The highest BCUT2D eigenvalue weighted by atomic mass is 35.5. The van der Waals surface area contributed by atoms with E-state index in [0.717, 1.165) is 0 Å². The SMILES string of the molecule is CC(C)(C)[Si](C)(C)OCCOC[C@H](Oc1ncnc2c1cnn2-c1ccccc1Cl)C(=O)Nc1ccc(Cl)cn1. The first-order chi connectivity index (χ1) is 19.0. The van der Waals surface area contributed by atoms with Crippen LogP contribution in [0.4, 0.5) is 5.82 Å². The Morgan fingerprint density at radius 3 is 2.52 bits per heavy atom. The third kappa shape index (κ3) is 7.15. The number of nitrogens with zero attached hydrogens (tertiary/aromatic N) is 5. The molecule has 0 unspecified atom stereocenters. The van der Waals surface area contributed by atoms with Crippen molar-refractivity contribution in [2.75, 3.05) is 25.1 Å². The van der Waals surface area contributed by atoms with Crippen molar-refractivity contribution in [3.05, 3.63) is 65.2 Å². The van der Waals surface area contributed by atoms with E-state index in [1.54, 1.807) is 29.1 Å². The van der Waals surface area contributed by atoms with Crippen LogP contribution in [0.2, 0.25) is 28.2 Å². The second-order valence-corrected chi connectivity index (χ2v) is 16.2. The molecule has 10 nitrogen and oxygen atoms in total. The molecule has 13 heteroatoms. The summed E-state index contributed by atoms with van der Waals surface area (Å²) in [5, 5.41) is 8.72. The third-order valence-corrected chi connectivity index (χ3v) is 11.8. The molecule has 3 heterocycles. The van der Waals surface area contributed by atoms with Crippen LogP contribution in [0, 0.1) is 0 Å². The van der Waals surface area contributed by atoms with Crippen LogP contribution in [0.25, 0.3) is 16.7 Å². The first kappa shape index (κ1) is 29.9. The van der Waals surface area contributed by atoms with Gasteiger partial charge in [0, 0.05) is 6.20 Å². The van der Waals surface area contributed by atoms with Crippen LogP contribution >= 0.6 is 23.2 Å². The molecule has 0 aliphatic carbocycles. The lowest BCUT2D eigenvalue weighted by atomic mass is 10.2. The van der Waals surface area contributed by atoms with Gasteiger partial charge in [0.15, 0.2) is 14.0 Å². The van der Waals surface area contributed by atoms with Gasteiger partial charge in [-0.05, 0) is 42.4 Å². The van der Waals surface area contributed by atoms with Gasteiger partial charge in [0.05, 0.1) is 41.8 Å². The summed E-state index contributed by atoms with van der Waals surface area (Å²) in [4.78, 5) is 26.0. The smallest absolute Gasteiger partial charge is 0.269 e. The molecule has 212 valence electrons. The monoisotopic (exact) mass is 602 g/mol. The first-order valence-corrected chi connectivity index (χ1v) is 16.4. The molecule has 1 amide bonds. The van der Waals surface area contributed by atoms with Crippen LogP contribution in [0.15, 0.2) is 55.1 Å². The molecular weight excluding hydrogens is 571 g/mol. The third-order valence-electron chi connectivity index (χ3n) is 6.70. The number of benzene rings is 1. The van der Waals surface area contributed by atoms with E-state index in [-0.39, 0.29) is 17.5 Å². The molecule has 0 radical (unpaired) electrons. The van der Waals surface area contributed by atoms with Gasteiger partial charge in [0.1, 0.15) is 17.5 Å². The molecule has 4 rings (SSSR count). The number of para-hydroxylation sites is 1. The molecule has 0 bridgehead atoms. The normalized spacial score (nSPS) is 12.9. The number of hydrogen-bond donors (Lipinski definition) is 1. The average Bonchev–Trinajstić information content (AvgIpc) is 3.33. The molecule has 3 aromatic heterocycles. The number of anilines is 1. The van der Waals surface area contributed by atoms with E-state index in [1.807, 2.05) is 18.2 Å². The van der Waals surface area contributed by atoms with E-state index >= 15 is 0 Å². The number of nitrogens with one attached hydrogen (secondary N) is 1. The van der Waals surface area contributed by atoms with E-state index < -0.39 is 20.3 Å². The Labute approximate surface area is 244 Å². The zero-order chi connectivity index (χ0) is 28.9. The van der Waals surface area contributed by atoms with Crippen molar-refractivity contribution >= 4 is 54.3 Å². The van der Waals surface area contributed by atoms with Crippen LogP contribution in [0.1, 0.15) is 20.8 Å². The Morgan fingerprint density at radius 2 is 1.82 bits per heavy atom. The maximum absolute atomic E-state index is 13.3. The summed E-state index contributed by atoms with van der Waals surface area (Å²) in [5.41, 5.74) is 1.12. The molecule has 4 aromatic rings. The highest BCUT2D eigenvalue weighted by Crippen LogP contribution is 2.36. The zero-order valence-electron chi connectivity index (χ0n) is 23.0. The van der Waals surface area contributed by atoms with Gasteiger partial charge in [-0.2, -0.15) is 5.10 Å². The van der Waals surface area contributed by atoms with Crippen LogP contribution < -0.4 is 10.1 Å². The number of amides is 1. The second kappa shape index (κ2) is 12.6. The first-order valence-electron chi connectivity index (χ1n) is 12.7. The number of pyridine rings is 1. The predicted molar refractivity (Wildman–Crippen MR) is 158 cm³/mol. The summed E-state index contributed by atoms with van der Waals surface area (Å²) in [5.74, 6) is 0.0303. The zero-order valence-corrected chi connectivity index (χ0v) is 25.5. The summed E-state index contributed by atoms with van der Waals surface area (Å²) >= 11 is 12.3. The quantitative estimate of drug-likeness (QED) is 0.166. The van der Waals surface area contributed by atoms with Gasteiger partial charge in [0.2, 0.25) is 12.0 Å². The minimum absolute atomic E-state index is 0.0512. The predicted octanol–water partition coefficient (Wildman–Crippen LogP) is 5.94. The molecule has 0 saturated carbocycles. The number of ether oxygens (including phenoxy) is 2. The van der Waals surface area contributed by atoms with Crippen LogP contribution in [-0.4, -0.2) is 64.9 Å². The topological polar surface area (TPSA) is 113 Å². The fourth-order valence-corrected chi connectivity index (χ4v) is 4.79. The highest BCUT2D eigenvalue weighted by Gasteiger charge is 2.37. The Balaban J connectivity index is 1.52. The number of aromatic nitrogens is 5. The van der Waals surface area contributed by atoms with Gasteiger partial charge in [-0.15, -0.1) is 0 Å². The van der Waals surface area contributed by atoms with Crippen molar-refractivity contribution in [3.63, 3.8) is 0 Å². The summed E-state index contributed by atoms with van der Waals surface area (Å²) in [6.45, 7) is 11.5. The minimum atomic E-state index is -1.93. The summed E-state index contributed by atoms with van der Waals surface area (Å²) in [6, 6.07) is 10.5. The van der Waals surface area contributed by atoms with Gasteiger partial charge in [-0.1, -0.05) is 56.1 Å². The van der Waals surface area contributed by atoms with Crippen molar-refractivity contribution in [1.82, 2.24) is 24.7 Å². The van der Waals surface area contributed by atoms with Crippen LogP contribution in [-0.2, 0) is 14.0 Å². The minimum Gasteiger partial charge on any atom is -0.461 e. The van der Waals surface area contributed by atoms with E-state index in [4.69, 9.17) is 37.1 Å². The Morgan fingerprint density at radius 1 is 1.05 bits per heavy atom. The number of hydrogen-bond acceptors (Lipinski definition) is 8. The lowest BCUT2D eigenvalue weighted by Gasteiger charge is -2.36. The fourth-order valence-electron chi connectivity index (χ4n) is 3.43. The van der Waals surface area contributed by atoms with E-state index in [1.165, 1.54) is 12.5 Å². The number of fused-ring (bicyclic) bond motifs is 1. The number of carbonyl (C=O) groups is 1. The lowest BCUT2D eigenvalue weighted by molar-refractivity contribution is -0.125. The molecule has 1 atom stereocenters. The standard InChI is InChI=1S/C27H32Cl2N6O4Si/c1-27(2,3)40(4,5)38-13-12-37-16-22(25(36)34-23-11-10-18(28)14-30-23)39-26-19-15-33-35(24(19)31-17-32-26)21-9-7-6-8-20(21)29/h6-11,14-15,17,22H,12-13,16H2,1-5H3,(H,30,34,36)/t22-/m0/s1. The van der Waals surface area contributed by atoms with Gasteiger partial charge in [-0.25, -0.2) is 19.6 Å². The number of halogens is 2. The summed E-state index contributed by atoms with van der Waals surface area (Å²) < 4.78 is 19.7. The van der Waals surface area contributed by atoms with Crippen molar-refractivity contribution in [1.29, 1.82) is 0 Å². The maximum Gasteiger partial charge on any atom is 0.269 e.